The van der Waals surface area contributed by atoms with E-state index in [0.29, 0.717) is 34.1 Å². The molecule has 3 aromatic rings. The van der Waals surface area contributed by atoms with Crippen molar-refractivity contribution < 1.29 is 19.4 Å². The first-order valence-electron chi connectivity index (χ1n) is 12.9. The molecule has 39 heavy (non-hydrogen) atoms. The van der Waals surface area contributed by atoms with Gasteiger partial charge in [-0.25, -0.2) is 4.68 Å². The highest BCUT2D eigenvalue weighted by Gasteiger charge is 2.34. The second-order valence-electron chi connectivity index (χ2n) is 11.3. The van der Waals surface area contributed by atoms with Gasteiger partial charge in [0.05, 0.1) is 30.1 Å². The van der Waals surface area contributed by atoms with Gasteiger partial charge in [0.25, 0.3) is 11.5 Å². The summed E-state index contributed by atoms with van der Waals surface area (Å²) in [6.45, 7) is 9.60. The Morgan fingerprint density at radius 2 is 1.87 bits per heavy atom. The van der Waals surface area contributed by atoms with Gasteiger partial charge in [-0.05, 0) is 50.5 Å². The lowest BCUT2D eigenvalue weighted by atomic mass is 9.88. The van der Waals surface area contributed by atoms with Crippen molar-refractivity contribution in [3.63, 3.8) is 0 Å². The molecule has 0 aliphatic carbocycles. The topological polar surface area (TPSA) is 115 Å². The Bertz CT molecular complexity index is 1460. The molecule has 1 aromatic heterocycles. The lowest BCUT2D eigenvalue weighted by Crippen LogP contribution is -2.37. The van der Waals surface area contributed by atoms with Crippen LogP contribution in [0.4, 0.5) is 5.69 Å². The van der Waals surface area contributed by atoms with Gasteiger partial charge in [0.2, 0.25) is 5.91 Å². The van der Waals surface area contributed by atoms with Gasteiger partial charge in [-0.2, -0.15) is 0 Å². The fourth-order valence-corrected chi connectivity index (χ4v) is 5.16. The summed E-state index contributed by atoms with van der Waals surface area (Å²) < 4.78 is 9.10. The molecular formula is C29H35ClN4O5. The average molecular weight is 555 g/mol. The number of rotatable bonds is 9. The summed E-state index contributed by atoms with van der Waals surface area (Å²) in [7, 11) is 0. The predicted molar refractivity (Wildman–Crippen MR) is 151 cm³/mol. The van der Waals surface area contributed by atoms with Crippen molar-refractivity contribution in [2.75, 3.05) is 18.5 Å². The smallest absolute Gasteiger partial charge is 0.295 e. The first-order chi connectivity index (χ1) is 18.3. The van der Waals surface area contributed by atoms with E-state index in [1.165, 1.54) is 4.68 Å². The summed E-state index contributed by atoms with van der Waals surface area (Å²) in [5, 5.41) is 15.7. The standard InChI is InChI=1S/C29H35ClN4O5/c1-18-24(27(38)34(33(18)11-12-35)21-9-7-6-8-10-21)32-23(36)16-28(2,3)17-31-26(37)22-14-20(30)13-19-15-29(4,5)39-25(19)22/h6-10,13-14,35H,11-12,15-17H2,1-5H3,(H,31,37)(H,32,36). The molecule has 2 aromatic carbocycles. The molecule has 2 heterocycles. The van der Waals surface area contributed by atoms with E-state index in [9.17, 15) is 19.5 Å². The van der Waals surface area contributed by atoms with Crippen LogP contribution in [0, 0.1) is 12.3 Å². The van der Waals surface area contributed by atoms with Gasteiger partial charge in [-0.3, -0.25) is 19.1 Å². The summed E-state index contributed by atoms with van der Waals surface area (Å²) in [5.74, 6) is -0.151. The van der Waals surface area contributed by atoms with Crippen LogP contribution >= 0.6 is 11.6 Å². The molecule has 0 radical (unpaired) electrons. The first-order valence-corrected chi connectivity index (χ1v) is 13.3. The zero-order valence-corrected chi connectivity index (χ0v) is 23.7. The Kier molecular flexibility index (Phi) is 7.95. The van der Waals surface area contributed by atoms with Crippen LogP contribution in [0.2, 0.25) is 5.02 Å². The van der Waals surface area contributed by atoms with E-state index in [4.69, 9.17) is 16.3 Å². The number of halogens is 1. The molecule has 2 amide bonds. The molecule has 3 N–H and O–H groups in total. The van der Waals surface area contributed by atoms with E-state index in [2.05, 4.69) is 10.6 Å². The van der Waals surface area contributed by atoms with Gasteiger partial charge in [0.15, 0.2) is 0 Å². The number of aromatic nitrogens is 2. The van der Waals surface area contributed by atoms with Gasteiger partial charge < -0.3 is 20.5 Å². The van der Waals surface area contributed by atoms with E-state index in [1.54, 1.807) is 29.8 Å². The van der Waals surface area contributed by atoms with E-state index in [-0.39, 0.29) is 49.2 Å². The Morgan fingerprint density at radius 1 is 1.18 bits per heavy atom. The second-order valence-corrected chi connectivity index (χ2v) is 11.7. The molecule has 0 saturated heterocycles. The Labute approximate surface area is 232 Å². The number of carbonyl (C=O) groups is 2. The summed E-state index contributed by atoms with van der Waals surface area (Å²) in [4.78, 5) is 39.5. The molecule has 0 bridgehead atoms. The predicted octanol–water partition coefficient (Wildman–Crippen LogP) is 4.09. The summed E-state index contributed by atoms with van der Waals surface area (Å²) in [6, 6.07) is 12.4. The molecule has 0 spiro atoms. The largest absolute Gasteiger partial charge is 0.486 e. The number of carbonyl (C=O) groups excluding carboxylic acids is 2. The lowest BCUT2D eigenvalue weighted by Gasteiger charge is -2.24. The molecule has 0 atom stereocenters. The quantitative estimate of drug-likeness (QED) is 0.368. The number of ether oxygens (including phenoxy) is 1. The molecule has 0 unspecified atom stereocenters. The normalized spacial score (nSPS) is 14.0. The highest BCUT2D eigenvalue weighted by Crippen LogP contribution is 2.39. The van der Waals surface area contributed by atoms with Crippen LogP contribution in [0.1, 0.15) is 55.7 Å². The van der Waals surface area contributed by atoms with Crippen LogP contribution in [0.3, 0.4) is 0 Å². The number of para-hydroxylation sites is 1. The molecule has 10 heteroatoms. The molecule has 0 fully saturated rings. The third kappa shape index (κ3) is 6.20. The Balaban J connectivity index is 1.46. The third-order valence-electron chi connectivity index (χ3n) is 6.71. The summed E-state index contributed by atoms with van der Waals surface area (Å²) in [6.07, 6.45) is 0.708. The first kappa shape index (κ1) is 28.4. The van der Waals surface area contributed by atoms with E-state index >= 15 is 0 Å². The molecular weight excluding hydrogens is 520 g/mol. The van der Waals surface area contributed by atoms with Crippen molar-refractivity contribution >= 4 is 29.1 Å². The van der Waals surface area contributed by atoms with Crippen LogP contribution in [0.25, 0.3) is 5.69 Å². The molecule has 0 saturated carbocycles. The number of amides is 2. The van der Waals surface area contributed by atoms with Crippen molar-refractivity contribution in [1.29, 1.82) is 0 Å². The number of nitrogens with zero attached hydrogens (tertiary/aromatic N) is 2. The lowest BCUT2D eigenvalue weighted by molar-refractivity contribution is -0.118. The van der Waals surface area contributed by atoms with Gasteiger partial charge in [-0.1, -0.05) is 43.6 Å². The monoisotopic (exact) mass is 554 g/mol. The molecule has 1 aliphatic rings. The van der Waals surface area contributed by atoms with Gasteiger partial charge in [0, 0.05) is 30.0 Å². The van der Waals surface area contributed by atoms with Crippen LogP contribution in [-0.2, 0) is 17.8 Å². The fraction of sp³-hybridized carbons (Fsp3) is 0.414. The van der Waals surface area contributed by atoms with Crippen molar-refractivity contribution in [3.05, 3.63) is 74.7 Å². The van der Waals surface area contributed by atoms with Gasteiger partial charge in [0.1, 0.15) is 17.0 Å². The zero-order chi connectivity index (χ0) is 28.5. The Morgan fingerprint density at radius 3 is 2.54 bits per heavy atom. The minimum Gasteiger partial charge on any atom is -0.486 e. The number of fused-ring (bicyclic) bond motifs is 1. The maximum absolute atomic E-state index is 13.3. The highest BCUT2D eigenvalue weighted by atomic mass is 35.5. The van der Waals surface area contributed by atoms with Crippen molar-refractivity contribution in [2.45, 2.75) is 59.6 Å². The number of aliphatic hydroxyl groups is 1. The molecule has 9 nitrogen and oxygen atoms in total. The maximum atomic E-state index is 13.3. The average Bonchev–Trinajstić information content (AvgIpc) is 3.29. The van der Waals surface area contributed by atoms with E-state index in [1.807, 2.05) is 52.0 Å². The number of aliphatic hydroxyl groups excluding tert-OH is 1. The third-order valence-corrected chi connectivity index (χ3v) is 6.93. The zero-order valence-electron chi connectivity index (χ0n) is 22.9. The number of hydrogen-bond donors (Lipinski definition) is 3. The minimum atomic E-state index is -0.623. The van der Waals surface area contributed by atoms with E-state index < -0.39 is 11.0 Å². The van der Waals surface area contributed by atoms with Crippen molar-refractivity contribution in [3.8, 4) is 11.4 Å². The van der Waals surface area contributed by atoms with Crippen LogP contribution in [-0.4, -0.2) is 45.0 Å². The SMILES string of the molecule is Cc1c(NC(=O)CC(C)(C)CNC(=O)c2cc(Cl)cc3c2OC(C)(C)C3)c(=O)n(-c2ccccc2)n1CCO. The van der Waals surface area contributed by atoms with E-state index in [0.717, 1.165) is 5.56 Å². The van der Waals surface area contributed by atoms with Crippen molar-refractivity contribution in [1.82, 2.24) is 14.7 Å². The Hall–Kier alpha value is -3.56. The van der Waals surface area contributed by atoms with Crippen LogP contribution in [0.15, 0.2) is 47.3 Å². The van der Waals surface area contributed by atoms with Crippen molar-refractivity contribution in [2.24, 2.45) is 5.41 Å². The number of anilines is 1. The number of hydrogen-bond acceptors (Lipinski definition) is 5. The summed E-state index contributed by atoms with van der Waals surface area (Å²) >= 11 is 6.27. The second kappa shape index (κ2) is 10.9. The fourth-order valence-electron chi connectivity index (χ4n) is 4.92. The van der Waals surface area contributed by atoms with Crippen LogP contribution < -0.4 is 20.9 Å². The minimum absolute atomic E-state index is 0.0554. The highest BCUT2D eigenvalue weighted by molar-refractivity contribution is 6.31. The molecule has 208 valence electrons. The number of benzene rings is 2. The molecule has 4 rings (SSSR count). The molecule has 1 aliphatic heterocycles. The van der Waals surface area contributed by atoms with Gasteiger partial charge in [-0.15, -0.1) is 0 Å². The maximum Gasteiger partial charge on any atom is 0.295 e. The van der Waals surface area contributed by atoms with Gasteiger partial charge >= 0.3 is 0 Å². The summed E-state index contributed by atoms with van der Waals surface area (Å²) in [5.41, 5.74) is 1.15. The number of nitrogens with one attached hydrogen (secondary N) is 2. The van der Waals surface area contributed by atoms with Crippen LogP contribution in [0.5, 0.6) is 5.75 Å².